The highest BCUT2D eigenvalue weighted by atomic mass is 32.1. The van der Waals surface area contributed by atoms with E-state index in [1.165, 1.54) is 11.3 Å². The fraction of sp³-hybridized carbons (Fsp3) is 0.292. The fourth-order valence-corrected chi connectivity index (χ4v) is 5.33. The molecule has 2 aromatic carbocycles. The van der Waals surface area contributed by atoms with E-state index in [4.69, 9.17) is 9.47 Å². The number of amides is 3. The number of rotatable bonds is 3. The minimum Gasteiger partial charge on any atom is -0.451 e. The second-order valence-electron chi connectivity index (χ2n) is 7.98. The first kappa shape index (κ1) is 21.3. The van der Waals surface area contributed by atoms with E-state index in [0.717, 1.165) is 10.1 Å². The van der Waals surface area contributed by atoms with Crippen LogP contribution in [0.2, 0.25) is 0 Å². The van der Waals surface area contributed by atoms with Gasteiger partial charge in [0.05, 0.1) is 5.56 Å². The van der Waals surface area contributed by atoms with Crippen LogP contribution in [-0.2, 0) is 4.74 Å². The minimum absolute atomic E-state index is 0.170. The first-order valence-electron chi connectivity index (χ1n) is 10.9. The third kappa shape index (κ3) is 3.89. The van der Waals surface area contributed by atoms with Crippen molar-refractivity contribution in [1.29, 1.82) is 0 Å². The van der Waals surface area contributed by atoms with E-state index < -0.39 is 11.8 Å². The van der Waals surface area contributed by atoms with Crippen LogP contribution in [0.15, 0.2) is 48.5 Å². The van der Waals surface area contributed by atoms with E-state index in [1.54, 1.807) is 23.1 Å². The summed E-state index contributed by atoms with van der Waals surface area (Å²) in [7, 11) is 0. The van der Waals surface area contributed by atoms with Crippen molar-refractivity contribution >= 4 is 44.3 Å². The van der Waals surface area contributed by atoms with Crippen LogP contribution < -0.4 is 15.4 Å². The lowest BCUT2D eigenvalue weighted by atomic mass is 10.00. The van der Waals surface area contributed by atoms with Gasteiger partial charge in [-0.3, -0.25) is 10.1 Å². The zero-order valence-electron chi connectivity index (χ0n) is 18.1. The van der Waals surface area contributed by atoms with Gasteiger partial charge in [0.1, 0.15) is 16.3 Å². The predicted molar refractivity (Wildman–Crippen MR) is 125 cm³/mol. The lowest BCUT2D eigenvalue weighted by Gasteiger charge is -2.43. The monoisotopic (exact) mass is 465 g/mol. The second kappa shape index (κ2) is 8.40. The van der Waals surface area contributed by atoms with Crippen molar-refractivity contribution in [2.45, 2.75) is 25.6 Å². The van der Waals surface area contributed by atoms with Gasteiger partial charge in [0.25, 0.3) is 11.7 Å². The number of piperidine rings is 1. The third-order valence-electron chi connectivity index (χ3n) is 5.87. The van der Waals surface area contributed by atoms with Gasteiger partial charge in [-0.1, -0.05) is 30.3 Å². The van der Waals surface area contributed by atoms with E-state index >= 15 is 0 Å². The molecule has 33 heavy (non-hydrogen) atoms. The van der Waals surface area contributed by atoms with E-state index in [0.29, 0.717) is 54.4 Å². The number of nitrogens with zero attached hydrogens (tertiary/aromatic N) is 1. The lowest BCUT2D eigenvalue weighted by Crippen LogP contribution is -2.53. The van der Waals surface area contributed by atoms with Crippen LogP contribution in [0.1, 0.15) is 40.5 Å². The van der Waals surface area contributed by atoms with Crippen LogP contribution in [0, 0.1) is 0 Å². The molecular formula is C24H23N3O5S. The zero-order valence-corrected chi connectivity index (χ0v) is 18.9. The van der Waals surface area contributed by atoms with E-state index in [2.05, 4.69) is 10.6 Å². The van der Waals surface area contributed by atoms with Crippen LogP contribution in [0.3, 0.4) is 0 Å². The fourth-order valence-electron chi connectivity index (χ4n) is 4.24. The highest BCUT2D eigenvalue weighted by Gasteiger charge is 2.46. The molecular weight excluding hydrogens is 442 g/mol. The standard InChI is InChI=1S/C24H23N3O5S/c1-2-25-23(30)26-20-19(16-8-4-6-10-18(16)33-20)21(28)27-13-11-24(12-14-27)31-17-9-5-3-7-15(17)22(29)32-24/h3-10H,2,11-14H2,1H3,(H2,25,26,30). The van der Waals surface area contributed by atoms with Gasteiger partial charge in [0.2, 0.25) is 0 Å². The highest BCUT2D eigenvalue weighted by Crippen LogP contribution is 2.40. The number of carbonyl (C=O) groups is 3. The van der Waals surface area contributed by atoms with E-state index in [9.17, 15) is 14.4 Å². The van der Waals surface area contributed by atoms with Crippen molar-refractivity contribution < 1.29 is 23.9 Å². The van der Waals surface area contributed by atoms with Crippen LogP contribution in [0.25, 0.3) is 10.1 Å². The Labute approximate surface area is 194 Å². The Morgan fingerprint density at radius 3 is 2.58 bits per heavy atom. The molecule has 8 nitrogen and oxygen atoms in total. The summed E-state index contributed by atoms with van der Waals surface area (Å²) in [4.78, 5) is 40.0. The maximum absolute atomic E-state index is 13.6. The number of esters is 1. The third-order valence-corrected chi connectivity index (χ3v) is 6.95. The Morgan fingerprint density at radius 2 is 1.79 bits per heavy atom. The summed E-state index contributed by atoms with van der Waals surface area (Å²) < 4.78 is 12.7. The molecule has 3 heterocycles. The van der Waals surface area contributed by atoms with Gasteiger partial charge in [-0.05, 0) is 25.1 Å². The molecule has 1 fully saturated rings. The topological polar surface area (TPSA) is 97.0 Å². The van der Waals surface area contributed by atoms with Gasteiger partial charge in [-0.2, -0.15) is 0 Å². The summed E-state index contributed by atoms with van der Waals surface area (Å²) in [5.41, 5.74) is 0.886. The normalized spacial score (nSPS) is 16.6. The molecule has 1 aromatic heterocycles. The average Bonchev–Trinajstić information content (AvgIpc) is 3.17. The van der Waals surface area contributed by atoms with Crippen molar-refractivity contribution in [2.75, 3.05) is 25.0 Å². The molecule has 0 bridgehead atoms. The van der Waals surface area contributed by atoms with Crippen molar-refractivity contribution in [2.24, 2.45) is 0 Å². The number of ether oxygens (including phenoxy) is 2. The summed E-state index contributed by atoms with van der Waals surface area (Å²) >= 11 is 1.37. The number of anilines is 1. The molecule has 1 saturated heterocycles. The molecule has 0 radical (unpaired) electrons. The highest BCUT2D eigenvalue weighted by molar-refractivity contribution is 7.23. The van der Waals surface area contributed by atoms with Crippen LogP contribution in [-0.4, -0.2) is 48.2 Å². The zero-order chi connectivity index (χ0) is 23.0. The van der Waals surface area contributed by atoms with Gasteiger partial charge in [-0.15, -0.1) is 11.3 Å². The molecule has 0 saturated carbocycles. The van der Waals surface area contributed by atoms with Gasteiger partial charge in [0, 0.05) is 42.6 Å². The SMILES string of the molecule is CCNC(=O)Nc1sc2ccccc2c1C(=O)N1CCC2(CC1)OC(=O)c1ccccc1O2. The molecule has 0 unspecified atom stereocenters. The number of para-hydroxylation sites is 1. The molecule has 2 aliphatic rings. The van der Waals surface area contributed by atoms with Gasteiger partial charge in [0.15, 0.2) is 0 Å². The number of thiophene rings is 1. The number of likely N-dealkylation sites (tertiary alicyclic amines) is 1. The summed E-state index contributed by atoms with van der Waals surface area (Å²) in [5, 5.41) is 6.84. The Morgan fingerprint density at radius 1 is 1.06 bits per heavy atom. The van der Waals surface area contributed by atoms with Gasteiger partial charge in [-0.25, -0.2) is 9.59 Å². The average molecular weight is 466 g/mol. The number of fused-ring (bicyclic) bond motifs is 2. The van der Waals surface area contributed by atoms with Gasteiger partial charge < -0.3 is 19.7 Å². The van der Waals surface area contributed by atoms with Crippen molar-refractivity contribution in [1.82, 2.24) is 10.2 Å². The number of carbonyl (C=O) groups excluding carboxylic acids is 3. The molecule has 3 aromatic rings. The quantitative estimate of drug-likeness (QED) is 0.565. The molecule has 0 atom stereocenters. The Bertz CT molecular complexity index is 1250. The smallest absolute Gasteiger partial charge is 0.345 e. The molecule has 170 valence electrons. The van der Waals surface area contributed by atoms with Crippen molar-refractivity contribution in [3.05, 3.63) is 59.7 Å². The number of hydrogen-bond acceptors (Lipinski definition) is 6. The molecule has 1 spiro atoms. The number of hydrogen-bond donors (Lipinski definition) is 2. The largest absolute Gasteiger partial charge is 0.451 e. The molecule has 5 rings (SSSR count). The Balaban J connectivity index is 1.37. The maximum atomic E-state index is 13.6. The Hall–Kier alpha value is -3.59. The summed E-state index contributed by atoms with van der Waals surface area (Å²) in [5.74, 6) is -1.14. The van der Waals surface area contributed by atoms with E-state index in [-0.39, 0.29) is 11.9 Å². The van der Waals surface area contributed by atoms with Crippen LogP contribution >= 0.6 is 11.3 Å². The maximum Gasteiger partial charge on any atom is 0.345 e. The van der Waals surface area contributed by atoms with E-state index in [1.807, 2.05) is 37.3 Å². The molecule has 2 aliphatic heterocycles. The summed E-state index contributed by atoms with van der Waals surface area (Å²) in [6, 6.07) is 14.2. The summed E-state index contributed by atoms with van der Waals surface area (Å²) in [6.45, 7) is 3.03. The number of nitrogens with one attached hydrogen (secondary N) is 2. The molecule has 0 aliphatic carbocycles. The number of urea groups is 1. The lowest BCUT2D eigenvalue weighted by molar-refractivity contribution is -0.177. The molecule has 3 amide bonds. The second-order valence-corrected chi connectivity index (χ2v) is 9.03. The Kier molecular flexibility index (Phi) is 5.41. The number of benzene rings is 2. The van der Waals surface area contributed by atoms with Crippen molar-refractivity contribution in [3.8, 4) is 5.75 Å². The summed E-state index contributed by atoms with van der Waals surface area (Å²) in [6.07, 6.45) is 0.722. The predicted octanol–water partition coefficient (Wildman–Crippen LogP) is 4.22. The van der Waals surface area contributed by atoms with Crippen LogP contribution in [0.4, 0.5) is 9.80 Å². The van der Waals surface area contributed by atoms with Crippen LogP contribution in [0.5, 0.6) is 5.75 Å². The first-order valence-corrected chi connectivity index (χ1v) is 11.7. The van der Waals surface area contributed by atoms with Gasteiger partial charge >= 0.3 is 12.0 Å². The first-order chi connectivity index (χ1) is 16.0. The molecule has 9 heteroatoms. The minimum atomic E-state index is -1.07. The van der Waals surface area contributed by atoms with Crippen molar-refractivity contribution in [3.63, 3.8) is 0 Å². The molecule has 2 N–H and O–H groups in total.